The van der Waals surface area contributed by atoms with Gasteiger partial charge in [0, 0.05) is 12.4 Å². The molecular formula is C9H16K2O4. The third-order valence-corrected chi connectivity index (χ3v) is 1.73. The van der Waals surface area contributed by atoms with E-state index in [2.05, 4.69) is 6.92 Å². The van der Waals surface area contributed by atoms with E-state index < -0.39 is 12.4 Å². The van der Waals surface area contributed by atoms with E-state index in [4.69, 9.17) is 9.90 Å². The van der Waals surface area contributed by atoms with Crippen LogP contribution >= 0.6 is 0 Å². The van der Waals surface area contributed by atoms with Gasteiger partial charge < -0.3 is 19.8 Å². The zero-order chi connectivity index (χ0) is 10.7. The Kier molecular flexibility index (Phi) is 37.1. The van der Waals surface area contributed by atoms with Crippen LogP contribution in [0.2, 0.25) is 0 Å². The summed E-state index contributed by atoms with van der Waals surface area (Å²) in [7, 11) is 0. The Morgan fingerprint density at radius 2 is 1.73 bits per heavy atom. The SMILES string of the molecule is CCCCC(CC)C(=O)[O-].O=C[O-].[K+].[K+]. The molecule has 1 unspecified atom stereocenters. The van der Waals surface area contributed by atoms with E-state index in [1.54, 1.807) is 0 Å². The van der Waals surface area contributed by atoms with Gasteiger partial charge in [0.25, 0.3) is 0 Å². The van der Waals surface area contributed by atoms with Gasteiger partial charge in [-0.15, -0.1) is 0 Å². The third kappa shape index (κ3) is 22.0. The second-order valence-electron chi connectivity index (χ2n) is 2.66. The quantitative estimate of drug-likeness (QED) is 0.366. The van der Waals surface area contributed by atoms with Gasteiger partial charge in [-0.1, -0.05) is 26.7 Å². The Balaban J connectivity index is -0.000000108. The maximum Gasteiger partial charge on any atom is 1.00 e. The molecule has 0 rings (SSSR count). The van der Waals surface area contributed by atoms with Gasteiger partial charge in [0.2, 0.25) is 0 Å². The number of carboxylic acids is 1. The molecule has 0 aromatic rings. The van der Waals surface area contributed by atoms with Crippen LogP contribution in [0.5, 0.6) is 0 Å². The molecule has 0 radical (unpaired) electrons. The average molecular weight is 266 g/mol. The minimum atomic E-state index is -0.893. The summed E-state index contributed by atoms with van der Waals surface area (Å²) in [6, 6.07) is 0. The molecule has 0 saturated carbocycles. The van der Waals surface area contributed by atoms with Crippen LogP contribution in [0.4, 0.5) is 0 Å². The molecule has 0 aliphatic rings. The molecule has 78 valence electrons. The van der Waals surface area contributed by atoms with Crippen molar-refractivity contribution in [1.82, 2.24) is 0 Å². The number of carbonyl (C=O) groups is 2. The van der Waals surface area contributed by atoms with Gasteiger partial charge >= 0.3 is 103 Å². The first-order chi connectivity index (χ1) is 6.13. The molecule has 0 aliphatic heterocycles. The molecule has 1 atom stereocenters. The first-order valence-electron chi connectivity index (χ1n) is 4.40. The number of unbranched alkanes of at least 4 members (excludes halogenated alkanes) is 1. The maximum atomic E-state index is 10.3. The van der Waals surface area contributed by atoms with E-state index >= 15 is 0 Å². The van der Waals surface area contributed by atoms with Crippen LogP contribution in [0.1, 0.15) is 39.5 Å². The second kappa shape index (κ2) is 21.5. The minimum absolute atomic E-state index is 0. The number of aliphatic carboxylic acids is 1. The zero-order valence-corrected chi connectivity index (χ0v) is 16.4. The van der Waals surface area contributed by atoms with Crippen LogP contribution in [0.25, 0.3) is 0 Å². The first-order valence-corrected chi connectivity index (χ1v) is 4.40. The molecule has 15 heavy (non-hydrogen) atoms. The molecule has 0 fully saturated rings. The van der Waals surface area contributed by atoms with E-state index in [-0.39, 0.29) is 109 Å². The molecule has 0 bridgehead atoms. The van der Waals surface area contributed by atoms with Crippen LogP contribution in [0.3, 0.4) is 0 Å². The molecule has 0 spiro atoms. The van der Waals surface area contributed by atoms with Crippen LogP contribution < -0.4 is 113 Å². The molecule has 0 aliphatic carbocycles. The summed E-state index contributed by atoms with van der Waals surface area (Å²) in [4.78, 5) is 18.6. The fourth-order valence-corrected chi connectivity index (χ4v) is 0.939. The summed E-state index contributed by atoms with van der Waals surface area (Å²) in [6.07, 6.45) is 3.52. The number of carbonyl (C=O) groups excluding carboxylic acids is 2. The fourth-order valence-electron chi connectivity index (χ4n) is 0.939. The molecule has 0 aromatic heterocycles. The van der Waals surface area contributed by atoms with E-state index in [1.165, 1.54) is 0 Å². The van der Waals surface area contributed by atoms with E-state index in [9.17, 15) is 9.90 Å². The van der Waals surface area contributed by atoms with Gasteiger partial charge in [0.05, 0.1) is 0 Å². The largest absolute Gasteiger partial charge is 1.00 e. The van der Waals surface area contributed by atoms with Crippen LogP contribution in [0, 0.1) is 5.92 Å². The summed E-state index contributed by atoms with van der Waals surface area (Å²) in [5.74, 6) is -1.11. The minimum Gasteiger partial charge on any atom is -0.554 e. The van der Waals surface area contributed by atoms with Crippen molar-refractivity contribution < 1.29 is 123 Å². The summed E-state index contributed by atoms with van der Waals surface area (Å²) >= 11 is 0. The predicted molar refractivity (Wildman–Crippen MR) is 44.4 cm³/mol. The maximum absolute atomic E-state index is 10.3. The molecule has 0 saturated heterocycles. The van der Waals surface area contributed by atoms with Crippen molar-refractivity contribution in [2.45, 2.75) is 39.5 Å². The normalized spacial score (nSPS) is 9.47. The third-order valence-electron chi connectivity index (χ3n) is 1.73. The van der Waals surface area contributed by atoms with Crippen LogP contribution in [0.15, 0.2) is 0 Å². The van der Waals surface area contributed by atoms with E-state index in [1.807, 2.05) is 6.92 Å². The number of rotatable bonds is 5. The molecular weight excluding hydrogens is 250 g/mol. The first kappa shape index (κ1) is 25.9. The molecule has 0 N–H and O–H groups in total. The van der Waals surface area contributed by atoms with Crippen molar-refractivity contribution >= 4 is 12.4 Å². The standard InChI is InChI=1S/C8H16O2.CH2O2.2K/c1-3-5-6-7(4-2)8(9)10;2-1-3;;/h7H,3-6H2,1-2H3,(H,9,10);1H,(H,2,3);;/q;;2*+1/p-2. The van der Waals surface area contributed by atoms with Crippen molar-refractivity contribution in [3.05, 3.63) is 0 Å². The monoisotopic (exact) mass is 266 g/mol. The van der Waals surface area contributed by atoms with Crippen LogP contribution in [-0.4, -0.2) is 12.4 Å². The topological polar surface area (TPSA) is 80.3 Å². The van der Waals surface area contributed by atoms with Crippen molar-refractivity contribution in [3.63, 3.8) is 0 Å². The van der Waals surface area contributed by atoms with Gasteiger partial charge in [-0.05, 0) is 18.8 Å². The molecule has 0 amide bonds. The Morgan fingerprint density at radius 3 is 1.93 bits per heavy atom. The average Bonchev–Trinajstić information content (AvgIpc) is 2.06. The zero-order valence-electron chi connectivity index (χ0n) is 10.1. The Labute approximate surface area is 176 Å². The van der Waals surface area contributed by atoms with Gasteiger partial charge in [-0.25, -0.2) is 0 Å². The number of carboxylic acid groups (broad SMARTS) is 2. The van der Waals surface area contributed by atoms with Crippen molar-refractivity contribution in [1.29, 1.82) is 0 Å². The van der Waals surface area contributed by atoms with Crippen LogP contribution in [-0.2, 0) is 9.59 Å². The summed E-state index contributed by atoms with van der Waals surface area (Å²) < 4.78 is 0. The van der Waals surface area contributed by atoms with Crippen molar-refractivity contribution in [2.24, 2.45) is 5.92 Å². The van der Waals surface area contributed by atoms with Gasteiger partial charge in [-0.3, -0.25) is 0 Å². The summed E-state index contributed by atoms with van der Waals surface area (Å²) in [5.41, 5.74) is 0. The number of hydrogen-bond acceptors (Lipinski definition) is 4. The predicted octanol–water partition coefficient (Wildman–Crippen LogP) is -6.67. The Hall–Kier alpha value is 2.21. The molecule has 0 aromatic carbocycles. The van der Waals surface area contributed by atoms with Gasteiger partial charge in [-0.2, -0.15) is 0 Å². The second-order valence-corrected chi connectivity index (χ2v) is 2.66. The van der Waals surface area contributed by atoms with Crippen molar-refractivity contribution in [2.75, 3.05) is 0 Å². The summed E-state index contributed by atoms with van der Waals surface area (Å²) in [6.45, 7) is 3.44. The summed E-state index contributed by atoms with van der Waals surface area (Å²) in [5, 5.41) is 18.6. The van der Waals surface area contributed by atoms with E-state index in [0.29, 0.717) is 6.42 Å². The van der Waals surface area contributed by atoms with E-state index in [0.717, 1.165) is 19.3 Å². The number of hydrogen-bond donors (Lipinski definition) is 0. The Bertz CT molecular complexity index is 142. The molecule has 6 heteroatoms. The molecule has 4 nitrogen and oxygen atoms in total. The Morgan fingerprint density at radius 1 is 1.33 bits per heavy atom. The molecule has 0 heterocycles. The smallest absolute Gasteiger partial charge is 0.554 e. The van der Waals surface area contributed by atoms with Gasteiger partial charge in [0.1, 0.15) is 0 Å². The fraction of sp³-hybridized carbons (Fsp3) is 0.778. The van der Waals surface area contributed by atoms with Gasteiger partial charge in [0.15, 0.2) is 0 Å². The van der Waals surface area contributed by atoms with Crippen molar-refractivity contribution in [3.8, 4) is 0 Å².